The lowest BCUT2D eigenvalue weighted by Gasteiger charge is -2.37. The summed E-state index contributed by atoms with van der Waals surface area (Å²) in [4.78, 5) is 18.8. The number of halogens is 4. The zero-order valence-electron chi connectivity index (χ0n) is 16.8. The van der Waals surface area contributed by atoms with Crippen molar-refractivity contribution in [3.63, 3.8) is 0 Å². The molecule has 1 aromatic heterocycles. The second-order valence-electron chi connectivity index (χ2n) is 7.84. The summed E-state index contributed by atoms with van der Waals surface area (Å²) in [6.45, 7) is 4.34. The smallest absolute Gasteiger partial charge is 0.417 e. The van der Waals surface area contributed by atoms with E-state index in [4.69, 9.17) is 16.0 Å². The number of rotatable bonds is 4. The lowest BCUT2D eigenvalue weighted by molar-refractivity contribution is -0.157. The molecule has 168 valence electrons. The summed E-state index contributed by atoms with van der Waals surface area (Å²) in [6, 6.07) is 7.67. The number of anilines is 1. The van der Waals surface area contributed by atoms with Gasteiger partial charge in [-0.3, -0.25) is 9.69 Å². The number of aromatic nitrogens is 2. The third-order valence-corrected chi connectivity index (χ3v) is 6.05. The Hall–Kier alpha value is -2.33. The molecule has 3 heterocycles. The summed E-state index contributed by atoms with van der Waals surface area (Å²) in [6.07, 6.45) is -3.47. The van der Waals surface area contributed by atoms with Gasteiger partial charge < -0.3 is 14.2 Å². The molecule has 0 N–H and O–H groups in total. The molecule has 0 spiro atoms. The van der Waals surface area contributed by atoms with Crippen molar-refractivity contribution in [2.45, 2.75) is 24.9 Å². The quantitative estimate of drug-likeness (QED) is 0.702. The predicted molar refractivity (Wildman–Crippen MR) is 108 cm³/mol. The van der Waals surface area contributed by atoms with E-state index in [0.29, 0.717) is 50.6 Å². The Labute approximate surface area is 182 Å². The molecule has 4 rings (SSSR count). The molecule has 11 heteroatoms. The number of likely N-dealkylation sites (tertiary alicyclic amines) is 1. The normalized spacial score (nSPS) is 19.1. The fraction of sp³-hybridized carbons (Fsp3) is 0.550. The number of hydrogen-bond donors (Lipinski definition) is 0. The third-order valence-electron chi connectivity index (χ3n) is 5.80. The Balaban J connectivity index is 1.22. The van der Waals surface area contributed by atoms with Crippen molar-refractivity contribution >= 4 is 23.2 Å². The van der Waals surface area contributed by atoms with Crippen LogP contribution >= 0.6 is 11.6 Å². The summed E-state index contributed by atoms with van der Waals surface area (Å²) >= 11 is 5.94. The molecule has 0 unspecified atom stereocenters. The van der Waals surface area contributed by atoms with Crippen LogP contribution in [0.3, 0.4) is 0 Å². The number of amides is 1. The van der Waals surface area contributed by atoms with Gasteiger partial charge in [-0.2, -0.15) is 13.2 Å². The number of hydrogen-bond acceptors (Lipinski definition) is 6. The van der Waals surface area contributed by atoms with Gasteiger partial charge in [-0.25, -0.2) is 0 Å². The minimum atomic E-state index is -4.63. The molecule has 0 radical (unpaired) electrons. The molecule has 0 atom stereocenters. The van der Waals surface area contributed by atoms with Crippen LogP contribution in [-0.4, -0.2) is 71.7 Å². The first-order valence-electron chi connectivity index (χ1n) is 10.2. The Morgan fingerprint density at radius 2 is 1.68 bits per heavy atom. The van der Waals surface area contributed by atoms with Crippen LogP contribution in [0, 0.1) is 0 Å². The molecule has 0 bridgehead atoms. The SMILES string of the molecule is O=C(CN1CCC(c2nnc(C(F)(F)F)o2)CC1)N1CCN(c2ccc(Cl)cc2)CC1. The number of piperazine rings is 1. The number of carbonyl (C=O) groups is 1. The van der Waals surface area contributed by atoms with Gasteiger partial charge in [-0.1, -0.05) is 11.6 Å². The van der Waals surface area contributed by atoms with E-state index >= 15 is 0 Å². The zero-order chi connectivity index (χ0) is 22.0. The number of benzene rings is 1. The Kier molecular flexibility index (Phi) is 6.38. The standard InChI is InChI=1S/C20H23ClF3N5O2/c21-15-1-3-16(4-2-15)28-9-11-29(12-10-28)17(30)13-27-7-5-14(6-8-27)18-25-26-19(31-18)20(22,23)24/h1-4,14H,5-13H2. The lowest BCUT2D eigenvalue weighted by Crippen LogP contribution is -2.51. The highest BCUT2D eigenvalue weighted by Gasteiger charge is 2.39. The van der Waals surface area contributed by atoms with Crippen molar-refractivity contribution in [3.8, 4) is 0 Å². The van der Waals surface area contributed by atoms with E-state index in [9.17, 15) is 18.0 Å². The Morgan fingerprint density at radius 3 is 2.26 bits per heavy atom. The van der Waals surface area contributed by atoms with E-state index in [1.165, 1.54) is 0 Å². The molecule has 31 heavy (non-hydrogen) atoms. The van der Waals surface area contributed by atoms with Crippen molar-refractivity contribution in [1.82, 2.24) is 20.0 Å². The predicted octanol–water partition coefficient (Wildman–Crippen LogP) is 3.27. The van der Waals surface area contributed by atoms with Gasteiger partial charge in [-0.15, -0.1) is 10.2 Å². The van der Waals surface area contributed by atoms with Crippen molar-refractivity contribution in [2.24, 2.45) is 0 Å². The van der Waals surface area contributed by atoms with Crippen molar-refractivity contribution < 1.29 is 22.4 Å². The second-order valence-corrected chi connectivity index (χ2v) is 8.27. The van der Waals surface area contributed by atoms with Gasteiger partial charge in [-0.05, 0) is 50.2 Å². The molecular formula is C20H23ClF3N5O2. The van der Waals surface area contributed by atoms with E-state index in [2.05, 4.69) is 15.1 Å². The van der Waals surface area contributed by atoms with Gasteiger partial charge in [0.25, 0.3) is 0 Å². The third kappa shape index (κ3) is 5.30. The van der Waals surface area contributed by atoms with Crippen LogP contribution in [0.15, 0.2) is 28.7 Å². The largest absolute Gasteiger partial charge is 0.470 e. The van der Waals surface area contributed by atoms with Gasteiger partial charge in [0.2, 0.25) is 11.8 Å². The average molecular weight is 458 g/mol. The highest BCUT2D eigenvalue weighted by molar-refractivity contribution is 6.30. The van der Waals surface area contributed by atoms with E-state index < -0.39 is 12.1 Å². The molecule has 2 aromatic rings. The van der Waals surface area contributed by atoms with Gasteiger partial charge in [0.1, 0.15) is 0 Å². The summed E-state index contributed by atoms with van der Waals surface area (Å²) in [5.74, 6) is -1.42. The maximum atomic E-state index is 12.7. The summed E-state index contributed by atoms with van der Waals surface area (Å²) < 4.78 is 42.7. The number of carbonyl (C=O) groups excluding carboxylic acids is 1. The first-order chi connectivity index (χ1) is 14.8. The van der Waals surface area contributed by atoms with Gasteiger partial charge in [0.15, 0.2) is 0 Å². The summed E-state index contributed by atoms with van der Waals surface area (Å²) in [5.41, 5.74) is 1.09. The topological polar surface area (TPSA) is 65.7 Å². The fourth-order valence-electron chi connectivity index (χ4n) is 4.01. The first-order valence-corrected chi connectivity index (χ1v) is 10.6. The number of nitrogens with zero attached hydrogens (tertiary/aromatic N) is 5. The van der Waals surface area contributed by atoms with Gasteiger partial charge in [0.05, 0.1) is 6.54 Å². The molecule has 2 aliphatic heterocycles. The summed E-state index contributed by atoms with van der Waals surface area (Å²) in [7, 11) is 0. The van der Waals surface area contributed by atoms with Crippen molar-refractivity contribution in [1.29, 1.82) is 0 Å². The van der Waals surface area contributed by atoms with Crippen molar-refractivity contribution in [2.75, 3.05) is 50.7 Å². The molecule has 2 fully saturated rings. The molecule has 1 amide bonds. The van der Waals surface area contributed by atoms with E-state index in [1.807, 2.05) is 34.1 Å². The Morgan fingerprint density at radius 1 is 1.03 bits per heavy atom. The van der Waals surface area contributed by atoms with E-state index in [-0.39, 0.29) is 17.7 Å². The minimum absolute atomic E-state index is 0.0247. The molecule has 0 saturated carbocycles. The minimum Gasteiger partial charge on any atom is -0.417 e. The molecule has 0 aliphatic carbocycles. The van der Waals surface area contributed by atoms with Crippen LogP contribution in [0.5, 0.6) is 0 Å². The van der Waals surface area contributed by atoms with Crippen LogP contribution in [0.25, 0.3) is 0 Å². The molecular weight excluding hydrogens is 435 g/mol. The fourth-order valence-corrected chi connectivity index (χ4v) is 4.14. The van der Waals surface area contributed by atoms with E-state index in [0.717, 1.165) is 18.8 Å². The maximum Gasteiger partial charge on any atom is 0.470 e. The second kappa shape index (κ2) is 9.04. The highest BCUT2D eigenvalue weighted by Crippen LogP contribution is 2.32. The van der Waals surface area contributed by atoms with Crippen LogP contribution in [-0.2, 0) is 11.0 Å². The number of piperidine rings is 1. The average Bonchev–Trinajstić information content (AvgIpc) is 3.26. The van der Waals surface area contributed by atoms with Crippen LogP contribution < -0.4 is 4.90 Å². The molecule has 1 aromatic carbocycles. The Bertz CT molecular complexity index is 889. The number of alkyl halides is 3. The highest BCUT2D eigenvalue weighted by atomic mass is 35.5. The monoisotopic (exact) mass is 457 g/mol. The maximum absolute atomic E-state index is 12.7. The van der Waals surface area contributed by atoms with Crippen LogP contribution in [0.1, 0.15) is 30.5 Å². The lowest BCUT2D eigenvalue weighted by atomic mass is 9.97. The van der Waals surface area contributed by atoms with Crippen molar-refractivity contribution in [3.05, 3.63) is 41.1 Å². The van der Waals surface area contributed by atoms with Crippen LogP contribution in [0.2, 0.25) is 5.02 Å². The molecule has 2 aliphatic rings. The van der Waals surface area contributed by atoms with Gasteiger partial charge in [0, 0.05) is 42.8 Å². The first kappa shape index (κ1) is 21.9. The molecule has 7 nitrogen and oxygen atoms in total. The van der Waals surface area contributed by atoms with E-state index in [1.54, 1.807) is 0 Å². The zero-order valence-corrected chi connectivity index (χ0v) is 17.6. The summed E-state index contributed by atoms with van der Waals surface area (Å²) in [5, 5.41) is 7.35. The molecule has 2 saturated heterocycles. The van der Waals surface area contributed by atoms with Crippen LogP contribution in [0.4, 0.5) is 18.9 Å². The van der Waals surface area contributed by atoms with Gasteiger partial charge >= 0.3 is 12.1 Å².